The maximum atomic E-state index is 12.4. The summed E-state index contributed by atoms with van der Waals surface area (Å²) in [5.74, 6) is -0.155. The van der Waals surface area contributed by atoms with Crippen LogP contribution in [0.25, 0.3) is 0 Å². The molecule has 4 rings (SSSR count). The van der Waals surface area contributed by atoms with Crippen molar-refractivity contribution in [1.82, 2.24) is 0 Å². The zero-order valence-corrected chi connectivity index (χ0v) is 14.5. The number of hydrogen-bond donors (Lipinski definition) is 3. The Bertz CT molecular complexity index is 872. The van der Waals surface area contributed by atoms with Gasteiger partial charge in [0.1, 0.15) is 5.75 Å². The Morgan fingerprint density at radius 1 is 1.00 bits per heavy atom. The molecule has 5 heteroatoms. The fourth-order valence-electron chi connectivity index (χ4n) is 3.42. The van der Waals surface area contributed by atoms with Gasteiger partial charge in [0.2, 0.25) is 11.8 Å². The smallest absolute Gasteiger partial charge is 0.228 e. The van der Waals surface area contributed by atoms with Gasteiger partial charge in [-0.1, -0.05) is 18.2 Å². The monoisotopic (exact) mass is 350 g/mol. The maximum Gasteiger partial charge on any atom is 0.228 e. The molecule has 0 radical (unpaired) electrons. The number of benzene rings is 2. The minimum atomic E-state index is -0.117. The van der Waals surface area contributed by atoms with Gasteiger partial charge in [0.15, 0.2) is 0 Å². The van der Waals surface area contributed by atoms with Gasteiger partial charge in [-0.25, -0.2) is 0 Å². The molecule has 2 aliphatic carbocycles. The summed E-state index contributed by atoms with van der Waals surface area (Å²) in [7, 11) is 0. The van der Waals surface area contributed by atoms with Crippen molar-refractivity contribution in [3.8, 4) is 5.75 Å². The average Bonchev–Trinajstić information content (AvgIpc) is 3.36. The summed E-state index contributed by atoms with van der Waals surface area (Å²) in [6.45, 7) is 0. The largest absolute Gasteiger partial charge is 0.506 e. The summed E-state index contributed by atoms with van der Waals surface area (Å²) in [5.41, 5.74) is 4.63. The second-order valence-corrected chi connectivity index (χ2v) is 7.18. The van der Waals surface area contributed by atoms with Gasteiger partial charge in [0, 0.05) is 11.6 Å². The van der Waals surface area contributed by atoms with Gasteiger partial charge < -0.3 is 15.7 Å². The van der Waals surface area contributed by atoms with Crippen LogP contribution in [-0.2, 0) is 28.9 Å². The van der Waals surface area contributed by atoms with Crippen LogP contribution in [0.4, 0.5) is 11.4 Å². The SMILES string of the molecule is O=C(Cc1ccc2c(c1)CCC2)Nc1ccc(O)c(NC(=O)C2CC2)c1. The van der Waals surface area contributed by atoms with Crippen molar-refractivity contribution in [3.63, 3.8) is 0 Å². The number of phenolic OH excluding ortho intramolecular Hbond substituents is 1. The first-order chi connectivity index (χ1) is 12.6. The van der Waals surface area contributed by atoms with Crippen LogP contribution in [0.2, 0.25) is 0 Å². The molecular formula is C21H22N2O3. The number of nitrogens with one attached hydrogen (secondary N) is 2. The minimum absolute atomic E-state index is 0.00405. The number of carbonyl (C=O) groups is 2. The molecule has 0 atom stereocenters. The van der Waals surface area contributed by atoms with Gasteiger partial charge in [-0.2, -0.15) is 0 Å². The van der Waals surface area contributed by atoms with E-state index in [1.807, 2.05) is 6.07 Å². The molecular weight excluding hydrogens is 328 g/mol. The summed E-state index contributed by atoms with van der Waals surface area (Å²) in [6, 6.07) is 11.0. The second-order valence-electron chi connectivity index (χ2n) is 7.18. The van der Waals surface area contributed by atoms with Crippen molar-refractivity contribution < 1.29 is 14.7 Å². The van der Waals surface area contributed by atoms with Crippen LogP contribution in [0.3, 0.4) is 0 Å². The molecule has 2 aliphatic rings. The third kappa shape index (κ3) is 3.72. The highest BCUT2D eigenvalue weighted by Gasteiger charge is 2.30. The first kappa shape index (κ1) is 16.6. The van der Waals surface area contributed by atoms with Crippen molar-refractivity contribution in [3.05, 3.63) is 53.1 Å². The van der Waals surface area contributed by atoms with Crippen molar-refractivity contribution in [1.29, 1.82) is 0 Å². The van der Waals surface area contributed by atoms with Gasteiger partial charge in [-0.05, 0) is 67.0 Å². The Balaban J connectivity index is 1.41. The van der Waals surface area contributed by atoms with E-state index >= 15 is 0 Å². The maximum absolute atomic E-state index is 12.4. The Morgan fingerprint density at radius 2 is 1.81 bits per heavy atom. The summed E-state index contributed by atoms with van der Waals surface area (Å²) in [5, 5.41) is 15.5. The van der Waals surface area contributed by atoms with Crippen LogP contribution in [0, 0.1) is 5.92 Å². The number of carbonyl (C=O) groups excluding carboxylic acids is 2. The van der Waals surface area contributed by atoms with E-state index in [4.69, 9.17) is 0 Å². The lowest BCUT2D eigenvalue weighted by molar-refractivity contribution is -0.117. The molecule has 1 saturated carbocycles. The number of amides is 2. The van der Waals surface area contributed by atoms with Crippen LogP contribution in [0.15, 0.2) is 36.4 Å². The molecule has 5 nitrogen and oxygen atoms in total. The molecule has 134 valence electrons. The van der Waals surface area contributed by atoms with E-state index in [1.54, 1.807) is 12.1 Å². The van der Waals surface area contributed by atoms with E-state index in [1.165, 1.54) is 23.6 Å². The molecule has 1 fully saturated rings. The Morgan fingerprint density at radius 3 is 2.62 bits per heavy atom. The molecule has 0 saturated heterocycles. The average molecular weight is 350 g/mol. The fourth-order valence-corrected chi connectivity index (χ4v) is 3.42. The number of fused-ring (bicyclic) bond motifs is 1. The molecule has 2 aromatic carbocycles. The van der Waals surface area contributed by atoms with Crippen molar-refractivity contribution in [2.45, 2.75) is 38.5 Å². The Labute approximate surface area is 152 Å². The van der Waals surface area contributed by atoms with Gasteiger partial charge >= 0.3 is 0 Å². The van der Waals surface area contributed by atoms with E-state index in [0.717, 1.165) is 31.2 Å². The molecule has 0 spiro atoms. The lowest BCUT2D eigenvalue weighted by Gasteiger charge is -2.11. The summed E-state index contributed by atoms with van der Waals surface area (Å²) in [4.78, 5) is 24.2. The predicted molar refractivity (Wildman–Crippen MR) is 100 cm³/mol. The first-order valence-electron chi connectivity index (χ1n) is 9.13. The van der Waals surface area contributed by atoms with Gasteiger partial charge in [-0.3, -0.25) is 9.59 Å². The van der Waals surface area contributed by atoms with Crippen molar-refractivity contribution in [2.24, 2.45) is 5.92 Å². The second kappa shape index (κ2) is 6.83. The Hall–Kier alpha value is -2.82. The Kier molecular flexibility index (Phi) is 4.37. The van der Waals surface area contributed by atoms with E-state index in [9.17, 15) is 14.7 Å². The highest BCUT2D eigenvalue weighted by molar-refractivity contribution is 5.97. The molecule has 0 unspecified atom stereocenters. The molecule has 0 bridgehead atoms. The van der Waals surface area contributed by atoms with Crippen LogP contribution in [0.5, 0.6) is 5.75 Å². The lowest BCUT2D eigenvalue weighted by atomic mass is 10.0. The van der Waals surface area contributed by atoms with E-state index < -0.39 is 0 Å². The van der Waals surface area contributed by atoms with E-state index in [-0.39, 0.29) is 23.5 Å². The van der Waals surface area contributed by atoms with Crippen molar-refractivity contribution >= 4 is 23.2 Å². The molecule has 0 heterocycles. The number of anilines is 2. The zero-order chi connectivity index (χ0) is 18.1. The van der Waals surface area contributed by atoms with Crippen LogP contribution in [0.1, 0.15) is 36.0 Å². The number of aromatic hydroxyl groups is 1. The number of aryl methyl sites for hydroxylation is 2. The topological polar surface area (TPSA) is 78.4 Å². The molecule has 26 heavy (non-hydrogen) atoms. The van der Waals surface area contributed by atoms with Gasteiger partial charge in [0.05, 0.1) is 12.1 Å². The fraction of sp³-hybridized carbons (Fsp3) is 0.333. The van der Waals surface area contributed by atoms with Crippen molar-refractivity contribution in [2.75, 3.05) is 10.6 Å². The highest BCUT2D eigenvalue weighted by Crippen LogP contribution is 2.33. The summed E-state index contributed by atoms with van der Waals surface area (Å²) in [6.07, 6.45) is 5.50. The third-order valence-corrected chi connectivity index (χ3v) is 5.01. The molecule has 3 N–H and O–H groups in total. The minimum Gasteiger partial charge on any atom is -0.506 e. The molecule has 0 aromatic heterocycles. The number of hydrogen-bond acceptors (Lipinski definition) is 3. The molecule has 0 aliphatic heterocycles. The van der Waals surface area contributed by atoms with E-state index in [2.05, 4.69) is 22.8 Å². The molecule has 2 aromatic rings. The molecule has 2 amide bonds. The van der Waals surface area contributed by atoms with Gasteiger partial charge in [0.25, 0.3) is 0 Å². The van der Waals surface area contributed by atoms with Crippen LogP contribution >= 0.6 is 0 Å². The summed E-state index contributed by atoms with van der Waals surface area (Å²) >= 11 is 0. The zero-order valence-electron chi connectivity index (χ0n) is 14.5. The van der Waals surface area contributed by atoms with Crippen LogP contribution in [-0.4, -0.2) is 16.9 Å². The number of rotatable bonds is 5. The van der Waals surface area contributed by atoms with Crippen LogP contribution < -0.4 is 10.6 Å². The highest BCUT2D eigenvalue weighted by atomic mass is 16.3. The predicted octanol–water partition coefficient (Wildman–Crippen LogP) is 3.41. The van der Waals surface area contributed by atoms with Gasteiger partial charge in [-0.15, -0.1) is 0 Å². The van der Waals surface area contributed by atoms with E-state index in [0.29, 0.717) is 17.8 Å². The normalized spacial score (nSPS) is 15.4. The first-order valence-corrected chi connectivity index (χ1v) is 9.13. The number of phenols is 1. The lowest BCUT2D eigenvalue weighted by Crippen LogP contribution is -2.16. The standard InChI is InChI=1S/C21H22N2O3/c24-19-9-8-17(12-18(19)23-21(26)15-6-7-15)22-20(25)11-13-4-5-14-2-1-3-16(14)10-13/h4-5,8-10,12,15,24H,1-3,6-7,11H2,(H,22,25)(H,23,26). The quantitative estimate of drug-likeness (QED) is 0.571. The summed E-state index contributed by atoms with van der Waals surface area (Å²) < 4.78 is 0. The third-order valence-electron chi connectivity index (χ3n) is 5.01.